The van der Waals surface area contributed by atoms with Gasteiger partial charge in [0.05, 0.1) is 31.8 Å². The van der Waals surface area contributed by atoms with Gasteiger partial charge in [0.15, 0.2) is 22.9 Å². The quantitative estimate of drug-likeness (QED) is 0.258. The molecule has 0 aliphatic heterocycles. The molecule has 2 amide bonds. The topological polar surface area (TPSA) is 129 Å². The summed E-state index contributed by atoms with van der Waals surface area (Å²) in [6, 6.07) is 10.1. The molecule has 10 heteroatoms. The van der Waals surface area contributed by atoms with E-state index < -0.39 is 6.04 Å². The van der Waals surface area contributed by atoms with E-state index in [1.54, 1.807) is 43.5 Å². The van der Waals surface area contributed by atoms with Gasteiger partial charge in [0, 0.05) is 17.6 Å². The lowest BCUT2D eigenvalue weighted by atomic mass is 10.1. The van der Waals surface area contributed by atoms with Gasteiger partial charge < -0.3 is 34.7 Å². The van der Waals surface area contributed by atoms with E-state index in [0.29, 0.717) is 52.8 Å². The number of aromatic nitrogens is 1. The van der Waals surface area contributed by atoms with Crippen molar-refractivity contribution in [3.63, 3.8) is 0 Å². The number of methoxy groups -OCH3 is 1. The lowest BCUT2D eigenvalue weighted by molar-refractivity contribution is -0.118. The molecule has 0 radical (unpaired) electrons. The van der Waals surface area contributed by atoms with E-state index in [-0.39, 0.29) is 29.8 Å². The minimum atomic E-state index is -0.645. The number of rotatable bonds is 14. The summed E-state index contributed by atoms with van der Waals surface area (Å²) in [5, 5.41) is 7.33. The zero-order valence-corrected chi connectivity index (χ0v) is 24.5. The van der Waals surface area contributed by atoms with Gasteiger partial charge in [-0.05, 0) is 82.9 Å². The molecule has 40 heavy (non-hydrogen) atoms. The summed E-state index contributed by atoms with van der Waals surface area (Å²) >= 11 is 0. The highest BCUT2D eigenvalue weighted by molar-refractivity contribution is 6.01. The van der Waals surface area contributed by atoms with Crippen molar-refractivity contribution < 1.29 is 28.3 Å². The molecular weight excluding hydrogens is 512 g/mol. The molecule has 1 aromatic heterocycles. The van der Waals surface area contributed by atoms with Crippen LogP contribution in [0.2, 0.25) is 0 Å². The summed E-state index contributed by atoms with van der Waals surface area (Å²) in [5.74, 6) is 1.71. The Balaban J connectivity index is 1.50. The number of ether oxygens (including phenoxy) is 3. The first-order valence-corrected chi connectivity index (χ1v) is 13.8. The number of carbonyl (C=O) groups is 2. The molecule has 3 aromatic rings. The summed E-state index contributed by atoms with van der Waals surface area (Å²) in [6.45, 7) is 12.7. The van der Waals surface area contributed by atoms with Gasteiger partial charge in [0.25, 0.3) is 5.91 Å². The predicted octanol–water partition coefficient (Wildman–Crippen LogP) is 5.26. The standard InChI is InChI=1S/C30H42N4O6/c1-18(2)27(31)29(35)32-28-23-17-22(11-13-24(23)40-33-28)38-14-8-9-15-39-25-12-10-21(16-26(25)37-7)30(36)34(19(3)4)20(5)6/h10-13,16-20,27H,8-9,14-15,31H2,1-7H3,(H,32,33,35)/t27-/m0/s1. The molecule has 0 spiro atoms. The van der Waals surface area contributed by atoms with E-state index in [1.807, 2.05) is 46.4 Å². The molecule has 0 fully saturated rings. The number of anilines is 1. The van der Waals surface area contributed by atoms with Crippen molar-refractivity contribution in [2.75, 3.05) is 25.6 Å². The van der Waals surface area contributed by atoms with Crippen molar-refractivity contribution in [1.82, 2.24) is 10.1 Å². The molecule has 1 atom stereocenters. The molecule has 0 unspecified atom stereocenters. The molecule has 3 N–H and O–H groups in total. The largest absolute Gasteiger partial charge is 0.494 e. The third-order valence-corrected chi connectivity index (χ3v) is 6.53. The predicted molar refractivity (Wildman–Crippen MR) is 155 cm³/mol. The highest BCUT2D eigenvalue weighted by Gasteiger charge is 2.23. The Labute approximate surface area is 236 Å². The van der Waals surface area contributed by atoms with Gasteiger partial charge >= 0.3 is 0 Å². The molecule has 218 valence electrons. The fourth-order valence-corrected chi connectivity index (χ4v) is 4.31. The second-order valence-electron chi connectivity index (χ2n) is 10.6. The molecule has 0 saturated heterocycles. The Morgan fingerprint density at radius 3 is 2.25 bits per heavy atom. The van der Waals surface area contributed by atoms with Gasteiger partial charge in [-0.1, -0.05) is 19.0 Å². The third-order valence-electron chi connectivity index (χ3n) is 6.53. The minimum absolute atomic E-state index is 0.00363. The van der Waals surface area contributed by atoms with Crippen LogP contribution in [0.5, 0.6) is 17.2 Å². The number of amides is 2. The number of carbonyl (C=O) groups excluding carboxylic acids is 2. The van der Waals surface area contributed by atoms with Gasteiger partial charge in [-0.3, -0.25) is 9.59 Å². The molecule has 10 nitrogen and oxygen atoms in total. The Morgan fingerprint density at radius 2 is 1.62 bits per heavy atom. The summed E-state index contributed by atoms with van der Waals surface area (Å²) in [6.07, 6.45) is 1.51. The SMILES string of the molecule is COc1cc(C(=O)N(C(C)C)C(C)C)ccc1OCCCCOc1ccc2onc(NC(=O)[C@@H](N)C(C)C)c2c1. The number of nitrogens with one attached hydrogen (secondary N) is 1. The zero-order valence-electron chi connectivity index (χ0n) is 24.5. The van der Waals surface area contributed by atoms with Crippen molar-refractivity contribution in [3.8, 4) is 17.2 Å². The van der Waals surface area contributed by atoms with E-state index in [4.69, 9.17) is 24.5 Å². The number of nitrogens with two attached hydrogens (primary N) is 1. The van der Waals surface area contributed by atoms with Gasteiger partial charge in [-0.15, -0.1) is 0 Å². The summed E-state index contributed by atoms with van der Waals surface area (Å²) in [4.78, 5) is 27.2. The van der Waals surface area contributed by atoms with E-state index in [0.717, 1.165) is 12.8 Å². The van der Waals surface area contributed by atoms with Crippen LogP contribution in [-0.4, -0.2) is 60.3 Å². The maximum atomic E-state index is 13.0. The van der Waals surface area contributed by atoms with Crippen LogP contribution in [0.3, 0.4) is 0 Å². The minimum Gasteiger partial charge on any atom is -0.494 e. The molecule has 0 aliphatic carbocycles. The number of benzene rings is 2. The lowest BCUT2D eigenvalue weighted by Crippen LogP contribution is -2.42. The third kappa shape index (κ3) is 7.65. The molecule has 3 rings (SSSR count). The first-order chi connectivity index (χ1) is 19.0. The van der Waals surface area contributed by atoms with Crippen LogP contribution >= 0.6 is 0 Å². The van der Waals surface area contributed by atoms with Crippen LogP contribution in [0.25, 0.3) is 11.0 Å². The fraction of sp³-hybridized carbons (Fsp3) is 0.500. The van der Waals surface area contributed by atoms with Crippen molar-refractivity contribution in [1.29, 1.82) is 0 Å². The number of unbranched alkanes of at least 4 members (excludes halogenated alkanes) is 1. The summed E-state index contributed by atoms with van der Waals surface area (Å²) in [7, 11) is 1.56. The van der Waals surface area contributed by atoms with E-state index in [9.17, 15) is 9.59 Å². The van der Waals surface area contributed by atoms with Crippen molar-refractivity contribution >= 4 is 28.6 Å². The summed E-state index contributed by atoms with van der Waals surface area (Å²) < 4.78 is 22.6. The number of nitrogens with zero attached hydrogens (tertiary/aromatic N) is 2. The monoisotopic (exact) mass is 554 g/mol. The number of hydrogen-bond donors (Lipinski definition) is 2. The maximum absolute atomic E-state index is 13.0. The molecule has 1 heterocycles. The van der Waals surface area contributed by atoms with Gasteiger partial charge in [-0.25, -0.2) is 0 Å². The Hall–Kier alpha value is -3.79. The smallest absolute Gasteiger partial charge is 0.254 e. The maximum Gasteiger partial charge on any atom is 0.254 e. The average molecular weight is 555 g/mol. The second-order valence-corrected chi connectivity index (χ2v) is 10.6. The van der Waals surface area contributed by atoms with E-state index >= 15 is 0 Å². The highest BCUT2D eigenvalue weighted by atomic mass is 16.5. The van der Waals surface area contributed by atoms with E-state index in [1.165, 1.54) is 0 Å². The Morgan fingerprint density at radius 1 is 0.950 bits per heavy atom. The van der Waals surface area contributed by atoms with Gasteiger partial charge in [-0.2, -0.15) is 0 Å². The first kappa shape index (κ1) is 30.7. The number of hydrogen-bond acceptors (Lipinski definition) is 8. The number of fused-ring (bicyclic) bond motifs is 1. The zero-order chi connectivity index (χ0) is 29.4. The van der Waals surface area contributed by atoms with E-state index in [2.05, 4.69) is 10.5 Å². The van der Waals surface area contributed by atoms with Crippen LogP contribution in [0.1, 0.15) is 64.7 Å². The van der Waals surface area contributed by atoms with Crippen LogP contribution in [0, 0.1) is 5.92 Å². The van der Waals surface area contributed by atoms with Crippen molar-refractivity contribution in [2.24, 2.45) is 11.7 Å². The van der Waals surface area contributed by atoms with Crippen LogP contribution in [0.15, 0.2) is 40.9 Å². The van der Waals surface area contributed by atoms with Crippen molar-refractivity contribution in [3.05, 3.63) is 42.0 Å². The molecule has 0 bridgehead atoms. The lowest BCUT2D eigenvalue weighted by Gasteiger charge is -2.31. The van der Waals surface area contributed by atoms with Crippen LogP contribution in [-0.2, 0) is 4.79 Å². The Kier molecular flexibility index (Phi) is 10.8. The average Bonchev–Trinajstić information content (AvgIpc) is 3.31. The van der Waals surface area contributed by atoms with Gasteiger partial charge in [0.2, 0.25) is 5.91 Å². The highest BCUT2D eigenvalue weighted by Crippen LogP contribution is 2.30. The molecular formula is C30H42N4O6. The fourth-order valence-electron chi connectivity index (χ4n) is 4.31. The molecule has 0 aliphatic rings. The van der Waals surface area contributed by atoms with Crippen LogP contribution in [0.4, 0.5) is 5.82 Å². The van der Waals surface area contributed by atoms with Crippen LogP contribution < -0.4 is 25.3 Å². The first-order valence-electron chi connectivity index (χ1n) is 13.8. The Bertz CT molecular complexity index is 1280. The van der Waals surface area contributed by atoms with Gasteiger partial charge in [0.1, 0.15) is 5.75 Å². The normalized spacial score (nSPS) is 12.2. The molecule has 0 saturated carbocycles. The second kappa shape index (κ2) is 14.0. The molecule has 2 aromatic carbocycles. The van der Waals surface area contributed by atoms with Crippen molar-refractivity contribution in [2.45, 2.75) is 72.5 Å². The summed E-state index contributed by atoms with van der Waals surface area (Å²) in [5.41, 5.74) is 7.03.